The Labute approximate surface area is 90.3 Å². The van der Waals surface area contributed by atoms with Crippen molar-refractivity contribution in [2.45, 2.75) is 19.8 Å². The van der Waals surface area contributed by atoms with Gasteiger partial charge >= 0.3 is 0 Å². The van der Waals surface area contributed by atoms with E-state index in [4.69, 9.17) is 0 Å². The Bertz CT molecular complexity index is 370. The molecule has 0 spiro atoms. The van der Waals surface area contributed by atoms with Crippen LogP contribution in [0.25, 0.3) is 0 Å². The second kappa shape index (κ2) is 4.34. The normalized spacial score (nSPS) is 10.5. The molecule has 0 N–H and O–H groups in total. The Morgan fingerprint density at radius 3 is 2.33 bits per heavy atom. The quantitative estimate of drug-likeness (QED) is 0.747. The molecule has 82 valence electrons. The number of rotatable bonds is 3. The first-order valence-corrected chi connectivity index (χ1v) is 4.96. The Kier molecular flexibility index (Phi) is 3.35. The average Bonchev–Trinajstić information content (AvgIpc) is 2.16. The molecular weight excluding hydrogens is 190 g/mol. The molecule has 0 heterocycles. The van der Waals surface area contributed by atoms with Gasteiger partial charge in [-0.05, 0) is 17.5 Å². The third kappa shape index (κ3) is 2.29. The fourth-order valence-corrected chi connectivity index (χ4v) is 1.73. The molecule has 1 aromatic carbocycles. The zero-order valence-electron chi connectivity index (χ0n) is 9.57. The van der Waals surface area contributed by atoms with Crippen LogP contribution >= 0.6 is 0 Å². The minimum Gasteiger partial charge on any atom is -0.545 e. The molecule has 0 aliphatic rings. The molecule has 0 aliphatic carbocycles. The summed E-state index contributed by atoms with van der Waals surface area (Å²) in [6.45, 7) is 3.96. The molecule has 0 unspecified atom stereocenters. The molecule has 0 saturated heterocycles. The number of carbonyl (C=O) groups excluding carboxylic acids is 1. The highest BCUT2D eigenvalue weighted by atomic mass is 16.4. The summed E-state index contributed by atoms with van der Waals surface area (Å²) < 4.78 is 0. The van der Waals surface area contributed by atoms with E-state index in [1.165, 1.54) is 0 Å². The van der Waals surface area contributed by atoms with Gasteiger partial charge in [0.05, 0.1) is 5.97 Å². The monoisotopic (exact) mass is 206 g/mol. The maximum atomic E-state index is 11.0. The Morgan fingerprint density at radius 1 is 1.33 bits per heavy atom. The van der Waals surface area contributed by atoms with Crippen LogP contribution in [0.2, 0.25) is 0 Å². The molecule has 0 aromatic heterocycles. The van der Waals surface area contributed by atoms with Gasteiger partial charge in [0.15, 0.2) is 0 Å². The number of aromatic carboxylic acids is 1. The fraction of sp³-hybridized carbons (Fsp3) is 0.417. The number of carboxylic acid groups (broad SMARTS) is 1. The molecule has 3 nitrogen and oxygen atoms in total. The summed E-state index contributed by atoms with van der Waals surface area (Å²) in [5.74, 6) is -0.945. The molecule has 1 rings (SSSR count). The van der Waals surface area contributed by atoms with Crippen molar-refractivity contribution >= 4 is 11.7 Å². The first kappa shape index (κ1) is 11.6. The highest BCUT2D eigenvalue weighted by molar-refractivity contribution is 5.90. The second-order valence-electron chi connectivity index (χ2n) is 4.07. The van der Waals surface area contributed by atoms with Crippen LogP contribution in [0, 0.1) is 0 Å². The third-order valence-corrected chi connectivity index (χ3v) is 2.36. The first-order chi connectivity index (χ1) is 6.95. The lowest BCUT2D eigenvalue weighted by atomic mass is 9.95. The van der Waals surface area contributed by atoms with E-state index in [0.29, 0.717) is 0 Å². The number of benzene rings is 1. The predicted molar refractivity (Wildman–Crippen MR) is 59.2 cm³/mol. The second-order valence-corrected chi connectivity index (χ2v) is 4.07. The van der Waals surface area contributed by atoms with Gasteiger partial charge < -0.3 is 14.8 Å². The summed E-state index contributed by atoms with van der Waals surface area (Å²) >= 11 is 0. The number of anilines is 1. The lowest BCUT2D eigenvalue weighted by Crippen LogP contribution is -2.25. The van der Waals surface area contributed by atoms with Crippen LogP contribution in [0.1, 0.15) is 35.7 Å². The average molecular weight is 206 g/mol. The number of carbonyl (C=O) groups is 1. The van der Waals surface area contributed by atoms with Gasteiger partial charge in [-0.15, -0.1) is 0 Å². The lowest BCUT2D eigenvalue weighted by molar-refractivity contribution is -0.255. The number of hydrogen-bond acceptors (Lipinski definition) is 3. The summed E-state index contributed by atoms with van der Waals surface area (Å²) in [4.78, 5) is 12.9. The minimum absolute atomic E-state index is 0.163. The van der Waals surface area contributed by atoms with Gasteiger partial charge in [0, 0.05) is 25.3 Å². The first-order valence-electron chi connectivity index (χ1n) is 4.96. The zero-order valence-corrected chi connectivity index (χ0v) is 9.57. The molecule has 0 saturated carbocycles. The molecule has 0 amide bonds. The lowest BCUT2D eigenvalue weighted by Gasteiger charge is -2.23. The maximum absolute atomic E-state index is 11.0. The Balaban J connectivity index is 3.42. The molecule has 3 heteroatoms. The van der Waals surface area contributed by atoms with Crippen molar-refractivity contribution in [2.24, 2.45) is 0 Å². The van der Waals surface area contributed by atoms with E-state index in [0.717, 1.165) is 11.3 Å². The van der Waals surface area contributed by atoms with Gasteiger partial charge in [0.2, 0.25) is 0 Å². The van der Waals surface area contributed by atoms with Crippen molar-refractivity contribution in [3.05, 3.63) is 29.3 Å². The van der Waals surface area contributed by atoms with Crippen LogP contribution in [0.15, 0.2) is 18.2 Å². The highest BCUT2D eigenvalue weighted by Gasteiger charge is 2.13. The smallest absolute Gasteiger partial charge is 0.0718 e. The van der Waals surface area contributed by atoms with E-state index in [1.54, 1.807) is 12.1 Å². The van der Waals surface area contributed by atoms with Crippen LogP contribution < -0.4 is 10.0 Å². The van der Waals surface area contributed by atoms with Crippen molar-refractivity contribution < 1.29 is 9.90 Å². The molecule has 0 atom stereocenters. The summed E-state index contributed by atoms with van der Waals surface area (Å²) in [5.41, 5.74) is 2.06. The van der Waals surface area contributed by atoms with Crippen molar-refractivity contribution in [2.75, 3.05) is 19.0 Å². The minimum atomic E-state index is -1.11. The summed E-state index contributed by atoms with van der Waals surface area (Å²) in [7, 11) is 3.81. The van der Waals surface area contributed by atoms with Gasteiger partial charge in [-0.2, -0.15) is 0 Å². The van der Waals surface area contributed by atoms with Crippen LogP contribution in [0.4, 0.5) is 5.69 Å². The Hall–Kier alpha value is -1.51. The van der Waals surface area contributed by atoms with Crippen molar-refractivity contribution in [1.82, 2.24) is 0 Å². The SMILES string of the molecule is CC(C)c1c(C(=O)[O-])cccc1N(C)C. The standard InChI is InChI=1S/C12H17NO2/c1-8(2)11-9(12(14)15)6-5-7-10(11)13(3)4/h5-8H,1-4H3,(H,14,15)/p-1. The van der Waals surface area contributed by atoms with E-state index in [1.807, 2.05) is 38.9 Å². The topological polar surface area (TPSA) is 43.4 Å². The van der Waals surface area contributed by atoms with Crippen LogP contribution in [0.5, 0.6) is 0 Å². The molecule has 0 radical (unpaired) electrons. The van der Waals surface area contributed by atoms with Crippen molar-refractivity contribution in [3.8, 4) is 0 Å². The van der Waals surface area contributed by atoms with E-state index < -0.39 is 5.97 Å². The summed E-state index contributed by atoms with van der Waals surface area (Å²) in [5, 5.41) is 11.0. The zero-order chi connectivity index (χ0) is 11.6. The summed E-state index contributed by atoms with van der Waals surface area (Å²) in [6.07, 6.45) is 0. The highest BCUT2D eigenvalue weighted by Crippen LogP contribution is 2.29. The fourth-order valence-electron chi connectivity index (χ4n) is 1.73. The van der Waals surface area contributed by atoms with Gasteiger partial charge in [-0.25, -0.2) is 0 Å². The van der Waals surface area contributed by atoms with E-state index >= 15 is 0 Å². The van der Waals surface area contributed by atoms with E-state index in [-0.39, 0.29) is 11.5 Å². The van der Waals surface area contributed by atoms with Crippen molar-refractivity contribution in [3.63, 3.8) is 0 Å². The molecular formula is C12H16NO2-. The van der Waals surface area contributed by atoms with Gasteiger partial charge in [-0.1, -0.05) is 26.0 Å². The molecule has 0 aliphatic heterocycles. The van der Waals surface area contributed by atoms with Crippen molar-refractivity contribution in [1.29, 1.82) is 0 Å². The maximum Gasteiger partial charge on any atom is 0.0718 e. The predicted octanol–water partition coefficient (Wildman–Crippen LogP) is 1.24. The van der Waals surface area contributed by atoms with Crippen LogP contribution in [0.3, 0.4) is 0 Å². The summed E-state index contributed by atoms with van der Waals surface area (Å²) in [6, 6.07) is 5.26. The third-order valence-electron chi connectivity index (χ3n) is 2.36. The number of nitrogens with zero attached hydrogens (tertiary/aromatic N) is 1. The Morgan fingerprint density at radius 2 is 1.93 bits per heavy atom. The van der Waals surface area contributed by atoms with E-state index in [9.17, 15) is 9.90 Å². The number of carboxylic acids is 1. The van der Waals surface area contributed by atoms with Gasteiger partial charge in [0.25, 0.3) is 0 Å². The van der Waals surface area contributed by atoms with Gasteiger partial charge in [-0.3, -0.25) is 0 Å². The van der Waals surface area contributed by atoms with Crippen LogP contribution in [-0.4, -0.2) is 20.1 Å². The largest absolute Gasteiger partial charge is 0.545 e. The molecule has 0 fully saturated rings. The van der Waals surface area contributed by atoms with Gasteiger partial charge in [0.1, 0.15) is 0 Å². The molecule has 1 aromatic rings. The number of hydrogen-bond donors (Lipinski definition) is 0. The molecule has 0 bridgehead atoms. The van der Waals surface area contributed by atoms with E-state index in [2.05, 4.69) is 0 Å². The molecule has 15 heavy (non-hydrogen) atoms. The van der Waals surface area contributed by atoms with Crippen LogP contribution in [-0.2, 0) is 0 Å².